The van der Waals surface area contributed by atoms with Gasteiger partial charge in [0, 0.05) is 50.1 Å². The third-order valence-electron chi connectivity index (χ3n) is 4.90. The third-order valence-corrected chi connectivity index (χ3v) is 4.90. The number of benzene rings is 1. The first-order valence-electron chi connectivity index (χ1n) is 9.87. The normalized spacial score (nSPS) is 14.8. The quantitative estimate of drug-likeness (QED) is 0.455. The number of hydrogen-bond donors (Lipinski definition) is 2. The van der Waals surface area contributed by atoms with Crippen LogP contribution in [0.1, 0.15) is 17.1 Å². The minimum absolute atomic E-state index is 0.0513. The fourth-order valence-electron chi connectivity index (χ4n) is 3.13. The van der Waals surface area contributed by atoms with Gasteiger partial charge >= 0.3 is 0 Å². The monoisotopic (exact) mass is 421 g/mol. The molecule has 3 aromatic rings. The van der Waals surface area contributed by atoms with E-state index in [4.69, 9.17) is 0 Å². The molecular formula is C20H23N9O2. The Labute approximate surface area is 179 Å². The first-order valence-corrected chi connectivity index (χ1v) is 9.87. The van der Waals surface area contributed by atoms with Crippen molar-refractivity contribution in [2.75, 3.05) is 43.4 Å². The van der Waals surface area contributed by atoms with Gasteiger partial charge < -0.3 is 15.1 Å². The molecule has 0 radical (unpaired) electrons. The van der Waals surface area contributed by atoms with Crippen molar-refractivity contribution >= 4 is 35.6 Å². The highest BCUT2D eigenvalue weighted by molar-refractivity contribution is 5.68. The maximum atomic E-state index is 10.8. The fourth-order valence-corrected chi connectivity index (χ4v) is 3.13. The minimum Gasteiger partial charge on any atom is -0.338 e. The van der Waals surface area contributed by atoms with Crippen molar-refractivity contribution < 1.29 is 4.92 Å². The number of likely N-dealkylation sites (N-methyl/N-ethyl adjacent to an activating group) is 1. The SMILES string of the molecule is Cc1cc(Nc2nc(/C=C/c3ccc([N+](=O)[O-])cc3)nc(N3CCN(C)CC3)n2)n[nH]1. The predicted molar refractivity (Wildman–Crippen MR) is 118 cm³/mol. The van der Waals surface area contributed by atoms with E-state index in [-0.39, 0.29) is 5.69 Å². The lowest BCUT2D eigenvalue weighted by atomic mass is 10.2. The summed E-state index contributed by atoms with van der Waals surface area (Å²) in [7, 11) is 2.09. The van der Waals surface area contributed by atoms with Crippen LogP contribution < -0.4 is 10.2 Å². The molecule has 11 nitrogen and oxygen atoms in total. The second kappa shape index (κ2) is 8.88. The Balaban J connectivity index is 1.60. The van der Waals surface area contributed by atoms with Crippen molar-refractivity contribution in [2.45, 2.75) is 6.92 Å². The van der Waals surface area contributed by atoms with Crippen LogP contribution in [0.25, 0.3) is 12.2 Å². The summed E-state index contributed by atoms with van der Waals surface area (Å²) in [6, 6.07) is 8.17. The van der Waals surface area contributed by atoms with Crippen molar-refractivity contribution in [3.05, 3.63) is 57.5 Å². The Kier molecular flexibility index (Phi) is 5.85. The van der Waals surface area contributed by atoms with Crippen molar-refractivity contribution in [1.82, 2.24) is 30.0 Å². The summed E-state index contributed by atoms with van der Waals surface area (Å²) in [6.45, 7) is 5.43. The Hall–Kier alpha value is -3.86. The first-order chi connectivity index (χ1) is 15.0. The molecule has 0 amide bonds. The number of piperazine rings is 1. The number of aromatic nitrogens is 5. The van der Waals surface area contributed by atoms with Gasteiger partial charge in [0.2, 0.25) is 11.9 Å². The Bertz CT molecular complexity index is 1090. The summed E-state index contributed by atoms with van der Waals surface area (Å²) in [4.78, 5) is 28.5. The van der Waals surface area contributed by atoms with Crippen molar-refractivity contribution in [1.29, 1.82) is 0 Å². The van der Waals surface area contributed by atoms with E-state index in [9.17, 15) is 10.1 Å². The summed E-state index contributed by atoms with van der Waals surface area (Å²) in [5, 5.41) is 21.0. The topological polar surface area (TPSA) is 129 Å². The van der Waals surface area contributed by atoms with Crippen LogP contribution in [0, 0.1) is 17.0 Å². The number of aromatic amines is 1. The first kappa shape index (κ1) is 20.4. The minimum atomic E-state index is -0.420. The van der Waals surface area contributed by atoms with Gasteiger partial charge in [-0.25, -0.2) is 0 Å². The van der Waals surface area contributed by atoms with Crippen LogP contribution in [0.5, 0.6) is 0 Å². The smallest absolute Gasteiger partial charge is 0.269 e. The fraction of sp³-hybridized carbons (Fsp3) is 0.300. The van der Waals surface area contributed by atoms with Crippen molar-refractivity contribution in [3.8, 4) is 0 Å². The predicted octanol–water partition coefficient (Wildman–Crippen LogP) is 2.48. The van der Waals surface area contributed by atoms with E-state index in [2.05, 4.69) is 47.3 Å². The van der Waals surface area contributed by atoms with Gasteiger partial charge in [0.05, 0.1) is 4.92 Å². The van der Waals surface area contributed by atoms with Gasteiger partial charge in [-0.15, -0.1) is 0 Å². The lowest BCUT2D eigenvalue weighted by molar-refractivity contribution is -0.384. The molecule has 0 bridgehead atoms. The Morgan fingerprint density at radius 2 is 1.84 bits per heavy atom. The lowest BCUT2D eigenvalue weighted by Crippen LogP contribution is -2.45. The van der Waals surface area contributed by atoms with Gasteiger partial charge in [-0.3, -0.25) is 15.2 Å². The summed E-state index contributed by atoms with van der Waals surface area (Å²) >= 11 is 0. The van der Waals surface area contributed by atoms with Gasteiger partial charge in [-0.2, -0.15) is 20.1 Å². The largest absolute Gasteiger partial charge is 0.338 e. The summed E-state index contributed by atoms with van der Waals surface area (Å²) < 4.78 is 0. The van der Waals surface area contributed by atoms with Crippen molar-refractivity contribution in [2.24, 2.45) is 0 Å². The molecule has 2 aromatic heterocycles. The molecule has 0 aliphatic carbocycles. The van der Waals surface area contributed by atoms with Gasteiger partial charge in [0.1, 0.15) is 0 Å². The van der Waals surface area contributed by atoms with Gasteiger partial charge in [0.15, 0.2) is 11.6 Å². The molecule has 1 fully saturated rings. The zero-order valence-electron chi connectivity index (χ0n) is 17.3. The molecule has 160 valence electrons. The van der Waals surface area contributed by atoms with E-state index in [1.54, 1.807) is 18.2 Å². The molecule has 3 heterocycles. The number of aryl methyl sites for hydroxylation is 1. The molecule has 11 heteroatoms. The maximum absolute atomic E-state index is 10.8. The Morgan fingerprint density at radius 3 is 2.48 bits per heavy atom. The van der Waals surface area contributed by atoms with E-state index in [0.717, 1.165) is 37.4 Å². The maximum Gasteiger partial charge on any atom is 0.269 e. The number of anilines is 3. The summed E-state index contributed by atoms with van der Waals surface area (Å²) in [5.41, 5.74) is 1.79. The molecule has 0 atom stereocenters. The number of nitro groups is 1. The van der Waals surface area contributed by atoms with Crippen LogP contribution in [0.4, 0.5) is 23.4 Å². The van der Waals surface area contributed by atoms with E-state index in [0.29, 0.717) is 23.5 Å². The average Bonchev–Trinajstić information content (AvgIpc) is 3.17. The van der Waals surface area contributed by atoms with E-state index in [1.165, 1.54) is 12.1 Å². The van der Waals surface area contributed by atoms with Gasteiger partial charge in [0.25, 0.3) is 5.69 Å². The molecule has 0 spiro atoms. The second-order valence-corrected chi connectivity index (χ2v) is 7.35. The number of H-pyrrole nitrogens is 1. The average molecular weight is 421 g/mol. The van der Waals surface area contributed by atoms with Gasteiger partial charge in [-0.05, 0) is 37.7 Å². The zero-order valence-corrected chi connectivity index (χ0v) is 17.3. The zero-order chi connectivity index (χ0) is 21.8. The molecule has 2 N–H and O–H groups in total. The van der Waals surface area contributed by atoms with E-state index >= 15 is 0 Å². The molecular weight excluding hydrogens is 398 g/mol. The summed E-state index contributed by atoms with van der Waals surface area (Å²) in [6.07, 6.45) is 3.58. The number of rotatable bonds is 6. The molecule has 0 unspecified atom stereocenters. The number of hydrogen-bond acceptors (Lipinski definition) is 9. The van der Waals surface area contributed by atoms with Crippen LogP contribution in [0.2, 0.25) is 0 Å². The highest BCUT2D eigenvalue weighted by Gasteiger charge is 2.18. The van der Waals surface area contributed by atoms with Crippen molar-refractivity contribution in [3.63, 3.8) is 0 Å². The van der Waals surface area contributed by atoms with Gasteiger partial charge in [-0.1, -0.05) is 6.08 Å². The number of nitrogens with one attached hydrogen (secondary N) is 2. The molecule has 4 rings (SSSR count). The third kappa shape index (κ3) is 5.20. The lowest BCUT2D eigenvalue weighted by Gasteiger charge is -2.32. The van der Waals surface area contributed by atoms with Crippen LogP contribution >= 0.6 is 0 Å². The highest BCUT2D eigenvalue weighted by Crippen LogP contribution is 2.18. The molecule has 1 aliphatic rings. The molecule has 1 saturated heterocycles. The number of nitro benzene ring substituents is 1. The number of nitrogens with zero attached hydrogens (tertiary/aromatic N) is 7. The van der Waals surface area contributed by atoms with E-state index in [1.807, 2.05) is 19.1 Å². The second-order valence-electron chi connectivity index (χ2n) is 7.35. The van der Waals surface area contributed by atoms with E-state index < -0.39 is 4.92 Å². The molecule has 0 saturated carbocycles. The Morgan fingerprint density at radius 1 is 1.10 bits per heavy atom. The number of non-ortho nitro benzene ring substituents is 1. The standard InChI is InChI=1S/C20H23N9O2/c1-14-13-18(26-25-14)22-19-21-17(8-5-15-3-6-16(7-4-15)29(30)31)23-20(24-19)28-11-9-27(2)10-12-28/h3-8,13H,9-12H2,1-2H3,(H2,21,22,23,24,25,26)/b8-5+. The van der Waals surface area contributed by atoms with Crippen LogP contribution in [-0.2, 0) is 0 Å². The highest BCUT2D eigenvalue weighted by atomic mass is 16.6. The van der Waals surface area contributed by atoms with Crippen LogP contribution in [-0.4, -0.2) is 68.2 Å². The molecule has 1 aromatic carbocycles. The summed E-state index contributed by atoms with van der Waals surface area (Å²) in [5.74, 6) is 2.11. The molecule has 31 heavy (non-hydrogen) atoms. The molecule has 1 aliphatic heterocycles. The van der Waals surface area contributed by atoms with Crippen LogP contribution in [0.3, 0.4) is 0 Å². The van der Waals surface area contributed by atoms with Crippen LogP contribution in [0.15, 0.2) is 30.3 Å².